The molecule has 0 fully saturated rings. The Morgan fingerprint density at radius 3 is 2.10 bits per heavy atom. The van der Waals surface area contributed by atoms with Crippen LogP contribution in [0.4, 0.5) is 5.69 Å². The van der Waals surface area contributed by atoms with E-state index >= 15 is 0 Å². The second-order valence-electron chi connectivity index (χ2n) is 7.48. The predicted molar refractivity (Wildman–Crippen MR) is 125 cm³/mol. The van der Waals surface area contributed by atoms with Crippen LogP contribution in [-0.4, -0.2) is 10.5 Å². The Labute approximate surface area is 182 Å². The number of unbranched alkanes of at least 4 members (excludes halogenated alkanes) is 1. The second kappa shape index (κ2) is 10.2. The number of aromatic nitrogens is 1. The van der Waals surface area contributed by atoms with Gasteiger partial charge in [-0.25, -0.2) is 0 Å². The molecule has 158 valence electrons. The fraction of sp³-hybridized carbons (Fsp3) is 0.500. The van der Waals surface area contributed by atoms with Crippen molar-refractivity contribution in [2.24, 2.45) is 0 Å². The van der Waals surface area contributed by atoms with E-state index in [0.29, 0.717) is 5.56 Å². The number of rotatable bonds is 8. The number of carbonyl (C=O) groups is 1. The molecule has 0 unspecified atom stereocenters. The van der Waals surface area contributed by atoms with Crippen molar-refractivity contribution in [2.45, 2.75) is 80.2 Å². The van der Waals surface area contributed by atoms with E-state index in [2.05, 4.69) is 53.5 Å². The van der Waals surface area contributed by atoms with E-state index in [1.165, 1.54) is 0 Å². The van der Waals surface area contributed by atoms with Crippen molar-refractivity contribution in [1.82, 2.24) is 4.57 Å². The molecule has 0 saturated carbocycles. The van der Waals surface area contributed by atoms with Crippen molar-refractivity contribution >= 4 is 27.5 Å². The first-order valence-corrected chi connectivity index (χ1v) is 11.4. The maximum Gasteiger partial charge on any atom is 0.261 e. The Hall–Kier alpha value is -1.88. The fourth-order valence-electron chi connectivity index (χ4n) is 3.98. The number of hydrogen-bond donors (Lipinski definition) is 1. The molecule has 1 N–H and O–H groups in total. The van der Waals surface area contributed by atoms with Gasteiger partial charge >= 0.3 is 0 Å². The highest BCUT2D eigenvalue weighted by atomic mass is 79.9. The Morgan fingerprint density at radius 2 is 1.62 bits per heavy atom. The predicted octanol–water partition coefficient (Wildman–Crippen LogP) is 5.97. The molecule has 1 aromatic heterocycles. The third kappa shape index (κ3) is 4.82. The summed E-state index contributed by atoms with van der Waals surface area (Å²) in [4.78, 5) is 26.4. The highest BCUT2D eigenvalue weighted by Crippen LogP contribution is 2.28. The summed E-state index contributed by atoms with van der Waals surface area (Å²) in [5, 5.41) is 3.08. The Bertz CT molecular complexity index is 935. The van der Waals surface area contributed by atoms with Crippen molar-refractivity contribution in [3.63, 3.8) is 0 Å². The topological polar surface area (TPSA) is 51.1 Å². The van der Waals surface area contributed by atoms with E-state index in [1.807, 2.05) is 26.0 Å². The van der Waals surface area contributed by atoms with Gasteiger partial charge < -0.3 is 9.88 Å². The van der Waals surface area contributed by atoms with Crippen LogP contribution in [0.5, 0.6) is 0 Å². The molecular weight excluding hydrogens is 428 g/mol. The van der Waals surface area contributed by atoms with Crippen LogP contribution >= 0.6 is 15.9 Å². The summed E-state index contributed by atoms with van der Waals surface area (Å²) >= 11 is 3.56. The number of carbonyl (C=O) groups excluding carboxylic acids is 1. The smallest absolute Gasteiger partial charge is 0.261 e. The molecule has 5 heteroatoms. The number of halogens is 1. The molecule has 1 aromatic carbocycles. The molecule has 29 heavy (non-hydrogen) atoms. The summed E-state index contributed by atoms with van der Waals surface area (Å²) < 4.78 is 3.17. The van der Waals surface area contributed by atoms with Gasteiger partial charge in [0.15, 0.2) is 5.43 Å². The number of nitrogens with zero attached hydrogens (tertiary/aromatic N) is 1. The first-order chi connectivity index (χ1) is 13.8. The van der Waals surface area contributed by atoms with Crippen LogP contribution in [0.1, 0.15) is 79.0 Å². The molecule has 0 atom stereocenters. The van der Waals surface area contributed by atoms with Gasteiger partial charge in [-0.05, 0) is 62.8 Å². The monoisotopic (exact) mass is 460 g/mol. The lowest BCUT2D eigenvalue weighted by Gasteiger charge is -2.22. The second-order valence-corrected chi connectivity index (χ2v) is 8.40. The first-order valence-electron chi connectivity index (χ1n) is 10.7. The van der Waals surface area contributed by atoms with Crippen molar-refractivity contribution in [2.75, 3.05) is 5.32 Å². The van der Waals surface area contributed by atoms with Gasteiger partial charge in [-0.15, -0.1) is 0 Å². The van der Waals surface area contributed by atoms with E-state index in [9.17, 15) is 9.59 Å². The molecule has 0 radical (unpaired) electrons. The number of nitrogens with one attached hydrogen (secondary N) is 1. The molecule has 0 aliphatic heterocycles. The van der Waals surface area contributed by atoms with Crippen LogP contribution in [0.15, 0.2) is 21.4 Å². The molecule has 1 heterocycles. The molecule has 2 rings (SSSR count). The van der Waals surface area contributed by atoms with Gasteiger partial charge in [-0.2, -0.15) is 0 Å². The Balaban J connectivity index is 2.60. The molecule has 0 aliphatic rings. The standard InChI is InChI=1S/C24H33BrN2O2/c1-7-11-12-27-16(6)21(23(28)15(5)20(27)10-4)24(29)26-22-17(8-2)13-19(25)14-18(22)9-3/h13-14H,7-12H2,1-6H3,(H,26,29). The van der Waals surface area contributed by atoms with Gasteiger partial charge in [0.1, 0.15) is 5.56 Å². The van der Waals surface area contributed by atoms with Crippen molar-refractivity contribution in [1.29, 1.82) is 0 Å². The maximum atomic E-state index is 13.3. The van der Waals surface area contributed by atoms with Crippen molar-refractivity contribution < 1.29 is 4.79 Å². The van der Waals surface area contributed by atoms with Gasteiger partial charge in [0.05, 0.1) is 0 Å². The number of anilines is 1. The van der Waals surface area contributed by atoms with Crippen molar-refractivity contribution in [3.05, 3.63) is 60.5 Å². The fourth-order valence-corrected chi connectivity index (χ4v) is 4.54. The van der Waals surface area contributed by atoms with E-state index < -0.39 is 0 Å². The van der Waals surface area contributed by atoms with Gasteiger partial charge in [0.25, 0.3) is 5.91 Å². The normalized spacial score (nSPS) is 11.0. The van der Waals surface area contributed by atoms with Crippen LogP contribution in [0.25, 0.3) is 0 Å². The average Bonchev–Trinajstić information content (AvgIpc) is 2.70. The minimum absolute atomic E-state index is 0.155. The lowest BCUT2D eigenvalue weighted by Crippen LogP contribution is -2.30. The molecule has 1 amide bonds. The zero-order valence-corrected chi connectivity index (χ0v) is 20.1. The number of amides is 1. The third-order valence-corrected chi connectivity index (χ3v) is 6.11. The summed E-state index contributed by atoms with van der Waals surface area (Å²) in [6.45, 7) is 12.9. The van der Waals surface area contributed by atoms with Crippen LogP contribution in [0, 0.1) is 13.8 Å². The summed E-state index contributed by atoms with van der Waals surface area (Å²) in [5.41, 5.74) is 5.55. The number of benzene rings is 1. The molecule has 0 aliphatic carbocycles. The van der Waals surface area contributed by atoms with Crippen LogP contribution in [0.2, 0.25) is 0 Å². The lowest BCUT2D eigenvalue weighted by atomic mass is 10.0. The highest BCUT2D eigenvalue weighted by Gasteiger charge is 2.22. The molecular formula is C24H33BrN2O2. The lowest BCUT2D eigenvalue weighted by molar-refractivity contribution is 0.102. The summed E-state index contributed by atoms with van der Waals surface area (Å²) in [7, 11) is 0. The molecule has 0 spiro atoms. The summed E-state index contributed by atoms with van der Waals surface area (Å²) in [5.74, 6) is -0.310. The summed E-state index contributed by atoms with van der Waals surface area (Å²) in [6, 6.07) is 4.07. The van der Waals surface area contributed by atoms with Gasteiger partial charge in [-0.1, -0.05) is 50.0 Å². The minimum atomic E-state index is -0.310. The number of pyridine rings is 1. The van der Waals surface area contributed by atoms with Gasteiger partial charge in [0, 0.05) is 33.7 Å². The minimum Gasteiger partial charge on any atom is -0.348 e. The zero-order valence-electron chi connectivity index (χ0n) is 18.5. The van der Waals surface area contributed by atoms with Crippen molar-refractivity contribution in [3.8, 4) is 0 Å². The van der Waals surface area contributed by atoms with Crippen LogP contribution < -0.4 is 10.7 Å². The number of aryl methyl sites for hydroxylation is 2. The third-order valence-electron chi connectivity index (χ3n) is 5.66. The maximum absolute atomic E-state index is 13.3. The molecule has 0 bridgehead atoms. The number of hydrogen-bond acceptors (Lipinski definition) is 2. The van der Waals surface area contributed by atoms with Gasteiger partial charge in [0.2, 0.25) is 0 Å². The quantitative estimate of drug-likeness (QED) is 0.527. The van der Waals surface area contributed by atoms with Gasteiger partial charge in [-0.3, -0.25) is 9.59 Å². The first kappa shape index (κ1) is 23.4. The summed E-state index contributed by atoms with van der Waals surface area (Å²) in [6.07, 6.45) is 4.46. The average molecular weight is 461 g/mol. The van der Waals surface area contributed by atoms with E-state index in [4.69, 9.17) is 0 Å². The Kier molecular flexibility index (Phi) is 8.26. The van der Waals surface area contributed by atoms with E-state index in [-0.39, 0.29) is 16.9 Å². The van der Waals surface area contributed by atoms with E-state index in [1.54, 1.807) is 0 Å². The largest absolute Gasteiger partial charge is 0.348 e. The highest BCUT2D eigenvalue weighted by molar-refractivity contribution is 9.10. The zero-order chi connectivity index (χ0) is 21.7. The SMILES string of the molecule is CCCCn1c(C)c(C(=O)Nc2c(CC)cc(Br)cc2CC)c(=O)c(C)c1CC. The molecule has 0 saturated heterocycles. The van der Waals surface area contributed by atoms with Crippen LogP contribution in [0.3, 0.4) is 0 Å². The molecule has 2 aromatic rings. The molecule has 4 nitrogen and oxygen atoms in total. The van der Waals surface area contributed by atoms with Crippen LogP contribution in [-0.2, 0) is 25.8 Å². The van der Waals surface area contributed by atoms with E-state index in [0.717, 1.165) is 71.3 Å². The Morgan fingerprint density at radius 1 is 1.03 bits per heavy atom.